The smallest absolute Gasteiger partial charge is 0.226 e. The van der Waals surface area contributed by atoms with Gasteiger partial charge in [0.1, 0.15) is 17.8 Å². The van der Waals surface area contributed by atoms with E-state index in [1.54, 1.807) is 6.33 Å². The van der Waals surface area contributed by atoms with Crippen molar-refractivity contribution in [3.63, 3.8) is 0 Å². The van der Waals surface area contributed by atoms with Gasteiger partial charge >= 0.3 is 0 Å². The van der Waals surface area contributed by atoms with Gasteiger partial charge in [0.05, 0.1) is 12.9 Å². The molecular weight excluding hydrogens is 422 g/mol. The molecule has 6 rings (SSSR count). The molecule has 2 aromatic rings. The molecule has 2 bridgehead atoms. The minimum atomic E-state index is -0.819. The summed E-state index contributed by atoms with van der Waals surface area (Å²) in [5.74, 6) is 1.38. The van der Waals surface area contributed by atoms with E-state index in [0.29, 0.717) is 28.9 Å². The number of rotatable bonds is 4. The van der Waals surface area contributed by atoms with Crippen LogP contribution in [0.3, 0.4) is 0 Å². The zero-order valence-corrected chi connectivity index (χ0v) is 18.7. The molecule has 2 saturated carbocycles. The number of ether oxygens (including phenoxy) is 3. The van der Waals surface area contributed by atoms with Gasteiger partial charge in [0.15, 0.2) is 29.0 Å². The zero-order valence-electron chi connectivity index (χ0n) is 17.9. The molecule has 4 heterocycles. The Labute approximate surface area is 185 Å². The van der Waals surface area contributed by atoms with Crippen molar-refractivity contribution >= 4 is 28.6 Å². The van der Waals surface area contributed by atoms with Gasteiger partial charge in [0.25, 0.3) is 0 Å². The third-order valence-corrected chi connectivity index (χ3v) is 7.63. The second-order valence-electron chi connectivity index (χ2n) is 10.0. The molecule has 0 radical (unpaired) electrons. The van der Waals surface area contributed by atoms with Crippen LogP contribution in [-0.4, -0.2) is 60.9 Å². The lowest BCUT2D eigenvalue weighted by molar-refractivity contribution is -0.217. The molecule has 2 saturated heterocycles. The Balaban J connectivity index is 1.38. The van der Waals surface area contributed by atoms with Crippen LogP contribution in [0, 0.1) is 11.8 Å². The number of hydrogen-bond donors (Lipinski definition) is 2. The van der Waals surface area contributed by atoms with Crippen LogP contribution in [0.2, 0.25) is 5.28 Å². The Morgan fingerprint density at radius 2 is 2.10 bits per heavy atom. The molecule has 4 fully saturated rings. The topological polar surface area (TPSA) is 104 Å². The Kier molecular flexibility index (Phi) is 4.37. The molecule has 10 heteroatoms. The van der Waals surface area contributed by atoms with Crippen LogP contribution in [0.25, 0.3) is 11.2 Å². The van der Waals surface area contributed by atoms with Gasteiger partial charge in [-0.15, -0.1) is 0 Å². The number of aliphatic hydroxyl groups excluding tert-OH is 1. The number of aliphatic hydroxyl groups is 1. The summed E-state index contributed by atoms with van der Waals surface area (Å²) in [4.78, 5) is 13.5. The Bertz CT molecular complexity index is 1030. The SMILES string of the molecule is CC1(C)O[C@@H]2[C@@H](CO)O[C@@H](n3cnc4c(N[C@H]5C[C@H]6CC[C@@H]5C6)nc(Cl)nc43)[C@]2(C)O1. The van der Waals surface area contributed by atoms with Crippen LogP contribution in [0.4, 0.5) is 5.82 Å². The summed E-state index contributed by atoms with van der Waals surface area (Å²) in [5, 5.41) is 13.6. The Hall–Kier alpha value is -1.52. The van der Waals surface area contributed by atoms with Crippen molar-refractivity contribution in [2.75, 3.05) is 11.9 Å². The Morgan fingerprint density at radius 1 is 1.26 bits per heavy atom. The summed E-state index contributed by atoms with van der Waals surface area (Å²) in [7, 11) is 0. The summed E-state index contributed by atoms with van der Waals surface area (Å²) in [6.45, 7) is 5.50. The lowest BCUT2D eigenvalue weighted by Gasteiger charge is -2.30. The fraction of sp³-hybridized carbons (Fsp3) is 0.762. The fourth-order valence-corrected chi connectivity index (χ4v) is 6.45. The standard InChI is InChI=1S/C21H28ClN5O4/c1-20(2)30-15-13(8-28)29-18(21(15,3)31-20)27-9-23-14-16(25-19(22)26-17(14)27)24-12-7-10-4-5-11(12)6-10/h9-13,15,18,28H,4-8H2,1-3H3,(H,24,25,26)/t10-,11+,12-,13+,15+,18+,21+/m0/s1. The van der Waals surface area contributed by atoms with Gasteiger partial charge in [0, 0.05) is 6.04 Å². The van der Waals surface area contributed by atoms with Gasteiger partial charge in [-0.05, 0) is 63.5 Å². The monoisotopic (exact) mass is 449 g/mol. The third-order valence-electron chi connectivity index (χ3n) is 7.46. The first-order valence-electron chi connectivity index (χ1n) is 11.1. The molecule has 9 nitrogen and oxygen atoms in total. The van der Waals surface area contributed by atoms with Crippen LogP contribution < -0.4 is 5.32 Å². The van der Waals surface area contributed by atoms with E-state index < -0.39 is 29.8 Å². The number of nitrogens with one attached hydrogen (secondary N) is 1. The number of imidazole rings is 1. The maximum Gasteiger partial charge on any atom is 0.226 e. The lowest BCUT2D eigenvalue weighted by Crippen LogP contribution is -2.42. The van der Waals surface area contributed by atoms with Crippen molar-refractivity contribution in [2.45, 2.75) is 82.3 Å². The Morgan fingerprint density at radius 3 is 2.81 bits per heavy atom. The highest BCUT2D eigenvalue weighted by Gasteiger charge is 2.64. The average Bonchev–Trinajstić information content (AvgIpc) is 3.48. The largest absolute Gasteiger partial charge is 0.394 e. The van der Waals surface area contributed by atoms with Crippen molar-refractivity contribution < 1.29 is 19.3 Å². The van der Waals surface area contributed by atoms with Gasteiger partial charge < -0.3 is 24.6 Å². The third kappa shape index (κ3) is 3.01. The van der Waals surface area contributed by atoms with E-state index in [4.69, 9.17) is 25.8 Å². The molecule has 0 unspecified atom stereocenters. The summed E-state index contributed by atoms with van der Waals surface area (Å²) in [6, 6.07) is 0.397. The molecule has 0 amide bonds. The number of fused-ring (bicyclic) bond motifs is 4. The molecule has 2 aromatic heterocycles. The van der Waals surface area contributed by atoms with Gasteiger partial charge in [-0.3, -0.25) is 4.57 Å². The molecule has 0 spiro atoms. The van der Waals surface area contributed by atoms with Crippen LogP contribution in [0.1, 0.15) is 52.7 Å². The van der Waals surface area contributed by atoms with E-state index >= 15 is 0 Å². The van der Waals surface area contributed by atoms with Gasteiger partial charge in [0.2, 0.25) is 5.28 Å². The number of anilines is 1. The normalized spacial score (nSPS) is 40.7. The minimum Gasteiger partial charge on any atom is -0.394 e. The van der Waals surface area contributed by atoms with Crippen LogP contribution in [-0.2, 0) is 14.2 Å². The second kappa shape index (κ2) is 6.74. The molecule has 7 atom stereocenters. The van der Waals surface area contributed by atoms with E-state index in [1.165, 1.54) is 25.7 Å². The number of halogens is 1. The van der Waals surface area contributed by atoms with Crippen LogP contribution in [0.5, 0.6) is 0 Å². The maximum absolute atomic E-state index is 9.88. The molecule has 0 aromatic carbocycles. The first-order chi connectivity index (χ1) is 14.8. The van der Waals surface area contributed by atoms with Crippen molar-refractivity contribution in [3.05, 3.63) is 11.6 Å². The predicted molar refractivity (Wildman–Crippen MR) is 113 cm³/mol. The van der Waals surface area contributed by atoms with Crippen LogP contribution in [0.15, 0.2) is 6.33 Å². The highest BCUT2D eigenvalue weighted by atomic mass is 35.5. The van der Waals surface area contributed by atoms with Gasteiger partial charge in [-0.25, -0.2) is 4.98 Å². The minimum absolute atomic E-state index is 0.155. The van der Waals surface area contributed by atoms with E-state index in [1.807, 2.05) is 25.3 Å². The van der Waals surface area contributed by atoms with E-state index in [-0.39, 0.29) is 11.9 Å². The number of aromatic nitrogens is 4. The molecule has 31 heavy (non-hydrogen) atoms. The van der Waals surface area contributed by atoms with E-state index in [0.717, 1.165) is 5.92 Å². The molecule has 2 aliphatic carbocycles. The summed E-state index contributed by atoms with van der Waals surface area (Å²) >= 11 is 6.33. The van der Waals surface area contributed by atoms with Crippen LogP contribution >= 0.6 is 11.6 Å². The highest BCUT2D eigenvalue weighted by Crippen LogP contribution is 2.51. The van der Waals surface area contributed by atoms with Gasteiger partial charge in [-0.2, -0.15) is 9.97 Å². The van der Waals surface area contributed by atoms with E-state index in [2.05, 4.69) is 20.3 Å². The van der Waals surface area contributed by atoms with Crippen molar-refractivity contribution in [2.24, 2.45) is 11.8 Å². The molecule has 4 aliphatic rings. The first kappa shape index (κ1) is 20.1. The molecular formula is C21H28ClN5O4. The predicted octanol–water partition coefficient (Wildman–Crippen LogP) is 2.88. The highest BCUT2D eigenvalue weighted by molar-refractivity contribution is 6.28. The fourth-order valence-electron chi connectivity index (χ4n) is 6.28. The van der Waals surface area contributed by atoms with E-state index in [9.17, 15) is 5.11 Å². The van der Waals surface area contributed by atoms with Gasteiger partial charge in [-0.1, -0.05) is 6.42 Å². The summed E-state index contributed by atoms with van der Waals surface area (Å²) < 4.78 is 20.4. The average molecular weight is 450 g/mol. The van der Waals surface area contributed by atoms with Crippen molar-refractivity contribution in [1.29, 1.82) is 0 Å². The quantitative estimate of drug-likeness (QED) is 0.687. The lowest BCUT2D eigenvalue weighted by atomic mass is 9.95. The first-order valence-corrected chi connectivity index (χ1v) is 11.5. The second-order valence-corrected chi connectivity index (χ2v) is 10.4. The zero-order chi connectivity index (χ0) is 21.5. The maximum atomic E-state index is 9.88. The molecule has 2 N–H and O–H groups in total. The van der Waals surface area contributed by atoms with Crippen molar-refractivity contribution in [1.82, 2.24) is 19.5 Å². The summed E-state index contributed by atoms with van der Waals surface area (Å²) in [5.41, 5.74) is 0.407. The van der Waals surface area contributed by atoms with Crippen molar-refractivity contribution in [3.8, 4) is 0 Å². The summed E-state index contributed by atoms with van der Waals surface area (Å²) in [6.07, 6.45) is 5.23. The number of nitrogens with zero attached hydrogens (tertiary/aromatic N) is 4. The molecule has 2 aliphatic heterocycles. The molecule has 168 valence electrons. The number of hydrogen-bond acceptors (Lipinski definition) is 8.